The minimum atomic E-state index is -0.175. The fourth-order valence-electron chi connectivity index (χ4n) is 3.59. The minimum absolute atomic E-state index is 0. The molecular formula is C23H29Cl2NO3. The molecule has 0 bridgehead atoms. The largest absolute Gasteiger partial charge is 0.466 e. The van der Waals surface area contributed by atoms with E-state index in [2.05, 4.69) is 17.0 Å². The number of nitrogens with zero attached hydrogens (tertiary/aromatic N) is 1. The Balaban J connectivity index is 0.00000300. The molecule has 0 radical (unpaired) electrons. The Hall–Kier alpha value is -1.59. The Morgan fingerprint density at radius 3 is 2.41 bits per heavy atom. The van der Waals surface area contributed by atoms with Gasteiger partial charge in [-0.3, -0.25) is 4.79 Å². The van der Waals surface area contributed by atoms with E-state index in [4.69, 9.17) is 21.1 Å². The number of likely N-dealkylation sites (tertiary alicyclic amines) is 1. The summed E-state index contributed by atoms with van der Waals surface area (Å²) in [4.78, 5) is 13.9. The van der Waals surface area contributed by atoms with E-state index in [1.165, 1.54) is 0 Å². The van der Waals surface area contributed by atoms with Crippen LogP contribution in [0.2, 0.25) is 5.02 Å². The van der Waals surface area contributed by atoms with Gasteiger partial charge in [0.25, 0.3) is 0 Å². The number of hydrogen-bond donors (Lipinski definition) is 0. The van der Waals surface area contributed by atoms with E-state index in [9.17, 15) is 4.79 Å². The number of carbonyl (C=O) groups is 1. The predicted molar refractivity (Wildman–Crippen MR) is 119 cm³/mol. The number of halogens is 2. The molecule has 0 aliphatic carbocycles. The second kappa shape index (κ2) is 12.2. The summed E-state index contributed by atoms with van der Waals surface area (Å²) in [5, 5.41) is 0.725. The van der Waals surface area contributed by atoms with Gasteiger partial charge in [0.2, 0.25) is 0 Å². The molecular weight excluding hydrogens is 409 g/mol. The number of piperidine rings is 1. The zero-order valence-corrected chi connectivity index (χ0v) is 18.3. The monoisotopic (exact) mass is 437 g/mol. The highest BCUT2D eigenvalue weighted by Gasteiger charge is 2.26. The first-order valence-electron chi connectivity index (χ1n) is 10.00. The topological polar surface area (TPSA) is 38.8 Å². The van der Waals surface area contributed by atoms with Gasteiger partial charge in [-0.15, -0.1) is 12.4 Å². The Labute approximate surface area is 184 Å². The molecule has 0 N–H and O–H groups in total. The number of hydrogen-bond acceptors (Lipinski definition) is 4. The molecule has 3 rings (SSSR count). The quantitative estimate of drug-likeness (QED) is 0.526. The predicted octanol–water partition coefficient (Wildman–Crippen LogP) is 5.29. The smallest absolute Gasteiger partial charge is 0.307 e. The van der Waals surface area contributed by atoms with Crippen LogP contribution in [0.25, 0.3) is 0 Å². The van der Waals surface area contributed by atoms with Crippen LogP contribution in [-0.4, -0.2) is 43.2 Å². The SMILES string of the molecule is CCOC(=O)CCN1CCC(OC(c2ccccc2)c2ccccc2Cl)CC1.Cl. The molecule has 1 aliphatic rings. The van der Waals surface area contributed by atoms with Gasteiger partial charge in [0.1, 0.15) is 6.10 Å². The summed E-state index contributed by atoms with van der Waals surface area (Å²) in [6.07, 6.45) is 2.32. The van der Waals surface area contributed by atoms with E-state index in [0.29, 0.717) is 13.0 Å². The summed E-state index contributed by atoms with van der Waals surface area (Å²) < 4.78 is 11.6. The van der Waals surface area contributed by atoms with Crippen molar-refractivity contribution in [2.24, 2.45) is 0 Å². The van der Waals surface area contributed by atoms with Crippen molar-refractivity contribution in [2.45, 2.75) is 38.4 Å². The van der Waals surface area contributed by atoms with E-state index < -0.39 is 0 Å². The lowest BCUT2D eigenvalue weighted by molar-refractivity contribution is -0.143. The van der Waals surface area contributed by atoms with Gasteiger partial charge in [-0.05, 0) is 31.4 Å². The van der Waals surface area contributed by atoms with Crippen LogP contribution >= 0.6 is 24.0 Å². The number of carbonyl (C=O) groups excluding carboxylic acids is 1. The zero-order valence-electron chi connectivity index (χ0n) is 16.8. The number of ether oxygens (including phenoxy) is 2. The maximum Gasteiger partial charge on any atom is 0.307 e. The zero-order chi connectivity index (χ0) is 19.8. The van der Waals surface area contributed by atoms with E-state index in [-0.39, 0.29) is 30.6 Å². The van der Waals surface area contributed by atoms with Crippen LogP contribution in [-0.2, 0) is 14.3 Å². The lowest BCUT2D eigenvalue weighted by Crippen LogP contribution is -2.38. The van der Waals surface area contributed by atoms with Crippen LogP contribution in [0, 0.1) is 0 Å². The summed E-state index contributed by atoms with van der Waals surface area (Å²) >= 11 is 6.47. The first-order chi connectivity index (χ1) is 13.7. The lowest BCUT2D eigenvalue weighted by Gasteiger charge is -2.34. The highest BCUT2D eigenvalue weighted by Crippen LogP contribution is 2.33. The average molecular weight is 438 g/mol. The molecule has 1 fully saturated rings. The molecule has 0 spiro atoms. The van der Waals surface area contributed by atoms with Gasteiger partial charge in [-0.1, -0.05) is 60.1 Å². The van der Waals surface area contributed by atoms with Crippen molar-refractivity contribution in [2.75, 3.05) is 26.2 Å². The van der Waals surface area contributed by atoms with Crippen molar-refractivity contribution in [1.82, 2.24) is 4.90 Å². The van der Waals surface area contributed by atoms with Gasteiger partial charge in [0.15, 0.2) is 0 Å². The van der Waals surface area contributed by atoms with E-state index in [0.717, 1.165) is 48.6 Å². The molecule has 1 atom stereocenters. The summed E-state index contributed by atoms with van der Waals surface area (Å²) in [7, 11) is 0. The Morgan fingerprint density at radius 1 is 1.10 bits per heavy atom. The third kappa shape index (κ3) is 7.00. The van der Waals surface area contributed by atoms with E-state index in [1.807, 2.05) is 49.4 Å². The molecule has 2 aromatic carbocycles. The van der Waals surface area contributed by atoms with Crippen molar-refractivity contribution in [1.29, 1.82) is 0 Å². The maximum atomic E-state index is 11.6. The number of esters is 1. The Kier molecular flexibility index (Phi) is 9.95. The number of benzene rings is 2. The summed E-state index contributed by atoms with van der Waals surface area (Å²) in [6.45, 7) is 4.88. The van der Waals surface area contributed by atoms with Gasteiger partial charge in [0, 0.05) is 30.2 Å². The Morgan fingerprint density at radius 2 is 1.76 bits per heavy atom. The van der Waals surface area contributed by atoms with E-state index >= 15 is 0 Å². The first kappa shape index (κ1) is 23.7. The average Bonchev–Trinajstić information content (AvgIpc) is 2.73. The van der Waals surface area contributed by atoms with Crippen LogP contribution in [0.4, 0.5) is 0 Å². The molecule has 1 saturated heterocycles. The van der Waals surface area contributed by atoms with Crippen molar-refractivity contribution in [3.05, 3.63) is 70.7 Å². The Bertz CT molecular complexity index is 749. The third-order valence-electron chi connectivity index (χ3n) is 5.09. The second-order valence-corrected chi connectivity index (χ2v) is 7.45. The van der Waals surface area contributed by atoms with Gasteiger partial charge >= 0.3 is 5.97 Å². The second-order valence-electron chi connectivity index (χ2n) is 7.04. The molecule has 2 aromatic rings. The molecule has 1 unspecified atom stereocenters. The fraction of sp³-hybridized carbons (Fsp3) is 0.435. The molecule has 0 aromatic heterocycles. The van der Waals surface area contributed by atoms with Crippen LogP contribution < -0.4 is 0 Å². The molecule has 29 heavy (non-hydrogen) atoms. The van der Waals surface area contributed by atoms with Crippen molar-refractivity contribution in [3.8, 4) is 0 Å². The van der Waals surface area contributed by atoms with Gasteiger partial charge in [-0.2, -0.15) is 0 Å². The molecule has 0 saturated carbocycles. The van der Waals surface area contributed by atoms with Gasteiger partial charge in [-0.25, -0.2) is 0 Å². The molecule has 1 aliphatic heterocycles. The molecule has 4 nitrogen and oxygen atoms in total. The summed E-state index contributed by atoms with van der Waals surface area (Å²) in [5.41, 5.74) is 2.11. The highest BCUT2D eigenvalue weighted by atomic mass is 35.5. The lowest BCUT2D eigenvalue weighted by atomic mass is 10.00. The summed E-state index contributed by atoms with van der Waals surface area (Å²) in [5.74, 6) is -0.122. The highest BCUT2D eigenvalue weighted by molar-refractivity contribution is 6.31. The van der Waals surface area contributed by atoms with Crippen molar-refractivity contribution < 1.29 is 14.3 Å². The molecule has 6 heteroatoms. The van der Waals surface area contributed by atoms with Gasteiger partial charge < -0.3 is 14.4 Å². The van der Waals surface area contributed by atoms with Crippen LogP contribution in [0.1, 0.15) is 43.4 Å². The van der Waals surface area contributed by atoms with Gasteiger partial charge in [0.05, 0.1) is 19.1 Å². The molecule has 158 valence electrons. The third-order valence-corrected chi connectivity index (χ3v) is 5.43. The maximum absolute atomic E-state index is 11.6. The van der Waals surface area contributed by atoms with Crippen LogP contribution in [0.3, 0.4) is 0 Å². The minimum Gasteiger partial charge on any atom is -0.466 e. The number of rotatable bonds is 8. The normalized spacial score (nSPS) is 16.1. The van der Waals surface area contributed by atoms with Crippen molar-refractivity contribution >= 4 is 30.0 Å². The molecule has 0 amide bonds. The van der Waals surface area contributed by atoms with E-state index in [1.54, 1.807) is 0 Å². The standard InChI is InChI=1S/C23H28ClNO3.ClH/c1-2-27-22(26)14-17-25-15-12-19(13-16-25)28-23(18-8-4-3-5-9-18)20-10-6-7-11-21(20)24;/h3-11,19,23H,2,12-17H2,1H3;1H. The molecule has 1 heterocycles. The van der Waals surface area contributed by atoms with Crippen LogP contribution in [0.15, 0.2) is 54.6 Å². The summed E-state index contributed by atoms with van der Waals surface area (Å²) in [6, 6.07) is 18.1. The fourth-order valence-corrected chi connectivity index (χ4v) is 3.83. The first-order valence-corrected chi connectivity index (χ1v) is 10.4. The van der Waals surface area contributed by atoms with Crippen LogP contribution in [0.5, 0.6) is 0 Å². The van der Waals surface area contributed by atoms with Crippen molar-refractivity contribution in [3.63, 3.8) is 0 Å².